The molecule has 0 aliphatic carbocycles. The first-order valence-corrected chi connectivity index (χ1v) is 9.08. The second-order valence-electron chi connectivity index (χ2n) is 6.18. The second kappa shape index (κ2) is 8.69. The molecular weight excluding hydrogens is 392 g/mol. The molecule has 0 spiro atoms. The molecule has 156 valence electrons. The largest absolute Gasteiger partial charge is 0.493 e. The van der Waals surface area contributed by atoms with Crippen molar-refractivity contribution >= 4 is 22.9 Å². The molecule has 0 aliphatic heterocycles. The Labute approximate surface area is 171 Å². The lowest BCUT2D eigenvalue weighted by Crippen LogP contribution is -2.15. The first-order chi connectivity index (χ1) is 14.4. The topological polar surface area (TPSA) is 101 Å². The molecule has 1 aromatic heterocycles. The van der Waals surface area contributed by atoms with Crippen molar-refractivity contribution in [2.75, 3.05) is 20.8 Å². The van der Waals surface area contributed by atoms with E-state index < -0.39 is 17.4 Å². The van der Waals surface area contributed by atoms with E-state index in [9.17, 15) is 14.4 Å². The van der Waals surface area contributed by atoms with Crippen LogP contribution in [-0.4, -0.2) is 32.8 Å². The first-order valence-electron chi connectivity index (χ1n) is 9.08. The summed E-state index contributed by atoms with van der Waals surface area (Å²) in [7, 11) is 2.96. The summed E-state index contributed by atoms with van der Waals surface area (Å²) in [4.78, 5) is 37.1. The van der Waals surface area contributed by atoms with Gasteiger partial charge in [0.1, 0.15) is 11.3 Å². The molecule has 3 aromatic rings. The number of fused-ring (bicyclic) bond motifs is 1. The maximum atomic E-state index is 13.3. The van der Waals surface area contributed by atoms with Crippen molar-refractivity contribution in [1.82, 2.24) is 0 Å². The Morgan fingerprint density at radius 1 is 1.00 bits per heavy atom. The minimum Gasteiger partial charge on any atom is -0.493 e. The number of hydrogen-bond acceptors (Lipinski definition) is 8. The van der Waals surface area contributed by atoms with Crippen LogP contribution in [0.15, 0.2) is 45.6 Å². The van der Waals surface area contributed by atoms with Gasteiger partial charge in [0, 0.05) is 13.0 Å². The Morgan fingerprint density at radius 3 is 2.37 bits per heavy atom. The van der Waals surface area contributed by atoms with Crippen molar-refractivity contribution in [2.45, 2.75) is 13.8 Å². The van der Waals surface area contributed by atoms with Crippen LogP contribution in [0, 0.1) is 0 Å². The fourth-order valence-electron chi connectivity index (χ4n) is 3.00. The zero-order chi connectivity index (χ0) is 21.8. The third-order valence-corrected chi connectivity index (χ3v) is 4.26. The molecule has 0 atom stereocenters. The van der Waals surface area contributed by atoms with Crippen LogP contribution in [0.3, 0.4) is 0 Å². The third kappa shape index (κ3) is 3.98. The molecule has 0 unspecified atom stereocenters. The van der Waals surface area contributed by atoms with Gasteiger partial charge in [0.15, 0.2) is 11.5 Å². The summed E-state index contributed by atoms with van der Waals surface area (Å²) in [6.07, 6.45) is 0. The molecule has 8 heteroatoms. The second-order valence-corrected chi connectivity index (χ2v) is 6.18. The van der Waals surface area contributed by atoms with Crippen molar-refractivity contribution in [3.05, 3.63) is 52.4 Å². The van der Waals surface area contributed by atoms with Crippen LogP contribution in [0.25, 0.3) is 22.1 Å². The lowest BCUT2D eigenvalue weighted by molar-refractivity contribution is -0.131. The number of hydrogen-bond donors (Lipinski definition) is 0. The SMILES string of the molecule is CCOC(=O)c1oc2cc(OC(C)=O)ccc2c(=O)c1-c1ccc(OC)c(OC)c1. The van der Waals surface area contributed by atoms with Crippen LogP contribution in [-0.2, 0) is 9.53 Å². The molecule has 0 N–H and O–H groups in total. The van der Waals surface area contributed by atoms with Gasteiger partial charge in [0.2, 0.25) is 11.2 Å². The van der Waals surface area contributed by atoms with Gasteiger partial charge >= 0.3 is 11.9 Å². The average molecular weight is 412 g/mol. The quantitative estimate of drug-likeness (QED) is 0.447. The summed E-state index contributed by atoms with van der Waals surface area (Å²) in [5.74, 6) is -0.540. The minimum atomic E-state index is -0.792. The molecule has 0 bridgehead atoms. The zero-order valence-corrected chi connectivity index (χ0v) is 16.9. The van der Waals surface area contributed by atoms with Crippen LogP contribution in [0.1, 0.15) is 24.4 Å². The molecule has 0 fully saturated rings. The molecule has 30 heavy (non-hydrogen) atoms. The third-order valence-electron chi connectivity index (χ3n) is 4.26. The Balaban J connectivity index is 2.30. The summed E-state index contributed by atoms with van der Waals surface area (Å²) in [6, 6.07) is 9.14. The highest BCUT2D eigenvalue weighted by molar-refractivity contribution is 5.98. The van der Waals surface area contributed by atoms with E-state index in [1.807, 2.05) is 0 Å². The van der Waals surface area contributed by atoms with Gasteiger partial charge in [-0.1, -0.05) is 6.07 Å². The monoisotopic (exact) mass is 412 g/mol. The molecule has 0 amide bonds. The summed E-state index contributed by atoms with van der Waals surface area (Å²) in [5.41, 5.74) is 0.0736. The van der Waals surface area contributed by atoms with Crippen LogP contribution in [0.4, 0.5) is 0 Å². The lowest BCUT2D eigenvalue weighted by atomic mass is 10.0. The van der Waals surface area contributed by atoms with E-state index >= 15 is 0 Å². The normalized spacial score (nSPS) is 10.5. The van der Waals surface area contributed by atoms with E-state index in [0.29, 0.717) is 17.1 Å². The number of rotatable bonds is 6. The fourth-order valence-corrected chi connectivity index (χ4v) is 3.00. The number of benzene rings is 2. The molecule has 1 heterocycles. The average Bonchev–Trinajstić information content (AvgIpc) is 2.72. The van der Waals surface area contributed by atoms with E-state index in [2.05, 4.69) is 0 Å². The van der Waals surface area contributed by atoms with Crippen molar-refractivity contribution in [3.63, 3.8) is 0 Å². The first kappa shape index (κ1) is 20.9. The van der Waals surface area contributed by atoms with E-state index in [4.69, 9.17) is 23.4 Å². The van der Waals surface area contributed by atoms with Crippen molar-refractivity contribution < 1.29 is 33.0 Å². The predicted molar refractivity (Wildman–Crippen MR) is 108 cm³/mol. The Hall–Kier alpha value is -3.81. The van der Waals surface area contributed by atoms with Crippen LogP contribution < -0.4 is 19.6 Å². The van der Waals surface area contributed by atoms with E-state index in [1.165, 1.54) is 39.3 Å². The molecule has 3 rings (SSSR count). The van der Waals surface area contributed by atoms with E-state index in [-0.39, 0.29) is 34.6 Å². The van der Waals surface area contributed by atoms with Gasteiger partial charge in [0.25, 0.3) is 0 Å². The molecule has 0 radical (unpaired) electrons. The highest BCUT2D eigenvalue weighted by Gasteiger charge is 2.24. The molecular formula is C22H20O8. The fraction of sp³-hybridized carbons (Fsp3) is 0.227. The van der Waals surface area contributed by atoms with E-state index in [0.717, 1.165) is 0 Å². The summed E-state index contributed by atoms with van der Waals surface area (Å²) in [5, 5.41) is 0.212. The molecule has 2 aromatic carbocycles. The maximum Gasteiger partial charge on any atom is 0.375 e. The predicted octanol–water partition coefficient (Wildman–Crippen LogP) is 3.58. The van der Waals surface area contributed by atoms with Gasteiger partial charge in [-0.15, -0.1) is 0 Å². The summed E-state index contributed by atoms with van der Waals surface area (Å²) >= 11 is 0. The molecule has 0 saturated heterocycles. The Kier molecular flexibility index (Phi) is 6.06. The Morgan fingerprint density at radius 2 is 1.73 bits per heavy atom. The maximum absolute atomic E-state index is 13.3. The minimum absolute atomic E-state index is 0.0298. The van der Waals surface area contributed by atoms with Crippen molar-refractivity contribution in [2.24, 2.45) is 0 Å². The lowest BCUT2D eigenvalue weighted by Gasteiger charge is -2.12. The smallest absolute Gasteiger partial charge is 0.375 e. The van der Waals surface area contributed by atoms with Gasteiger partial charge in [-0.05, 0) is 36.8 Å². The van der Waals surface area contributed by atoms with Gasteiger partial charge in [0.05, 0.1) is 31.8 Å². The van der Waals surface area contributed by atoms with Crippen LogP contribution in [0.5, 0.6) is 17.2 Å². The molecule has 8 nitrogen and oxygen atoms in total. The van der Waals surface area contributed by atoms with Gasteiger partial charge in [-0.25, -0.2) is 4.79 Å². The highest BCUT2D eigenvalue weighted by atomic mass is 16.5. The number of ether oxygens (including phenoxy) is 4. The standard InChI is InChI=1S/C22H20O8/c1-5-28-22(25)21-19(13-6-9-16(26-3)18(10-13)27-4)20(24)15-8-7-14(29-12(2)23)11-17(15)30-21/h6-11H,5H2,1-4H3. The summed E-state index contributed by atoms with van der Waals surface area (Å²) < 4.78 is 26.4. The molecule has 0 saturated carbocycles. The number of methoxy groups -OCH3 is 2. The summed E-state index contributed by atoms with van der Waals surface area (Å²) in [6.45, 7) is 3.00. The number of carbonyl (C=O) groups excluding carboxylic acids is 2. The number of carbonyl (C=O) groups is 2. The number of esters is 2. The highest BCUT2D eigenvalue weighted by Crippen LogP contribution is 2.34. The van der Waals surface area contributed by atoms with Crippen LogP contribution in [0.2, 0.25) is 0 Å². The van der Waals surface area contributed by atoms with Gasteiger partial charge < -0.3 is 23.4 Å². The van der Waals surface area contributed by atoms with Crippen molar-refractivity contribution in [3.8, 4) is 28.4 Å². The van der Waals surface area contributed by atoms with E-state index in [1.54, 1.807) is 25.1 Å². The van der Waals surface area contributed by atoms with Crippen molar-refractivity contribution in [1.29, 1.82) is 0 Å². The zero-order valence-electron chi connectivity index (χ0n) is 16.9. The molecule has 0 aliphatic rings. The van der Waals surface area contributed by atoms with Gasteiger partial charge in [-0.3, -0.25) is 9.59 Å². The van der Waals surface area contributed by atoms with Crippen LogP contribution >= 0.6 is 0 Å². The van der Waals surface area contributed by atoms with Gasteiger partial charge in [-0.2, -0.15) is 0 Å². The Bertz CT molecular complexity index is 1180.